The van der Waals surface area contributed by atoms with E-state index in [0.29, 0.717) is 18.8 Å². The van der Waals surface area contributed by atoms with Crippen LogP contribution in [0.5, 0.6) is 0 Å². The summed E-state index contributed by atoms with van der Waals surface area (Å²) in [4.78, 5) is 14.4. The molecule has 0 spiro atoms. The summed E-state index contributed by atoms with van der Waals surface area (Å²) >= 11 is 0. The molecule has 1 heterocycles. The van der Waals surface area contributed by atoms with Crippen LogP contribution in [0.15, 0.2) is 36.4 Å². The van der Waals surface area contributed by atoms with Crippen LogP contribution in [-0.2, 0) is 28.8 Å². The third kappa shape index (κ3) is 8.30. The summed E-state index contributed by atoms with van der Waals surface area (Å²) in [5.41, 5.74) is 4.41. The van der Waals surface area contributed by atoms with Crippen molar-refractivity contribution in [1.29, 1.82) is 0 Å². The summed E-state index contributed by atoms with van der Waals surface area (Å²) in [5.74, 6) is -1.67. The quantitative estimate of drug-likeness (QED) is 0.447. The van der Waals surface area contributed by atoms with Crippen molar-refractivity contribution < 1.29 is 23.4 Å². The Labute approximate surface area is 231 Å². The highest BCUT2D eigenvalue weighted by molar-refractivity contribution is 5.73. The number of aliphatic hydroxyl groups excluding tert-OH is 1. The van der Waals surface area contributed by atoms with Gasteiger partial charge in [-0.05, 0) is 65.5 Å². The first-order valence-corrected chi connectivity index (χ1v) is 14.1. The van der Waals surface area contributed by atoms with Crippen LogP contribution in [0.25, 0.3) is 0 Å². The fourth-order valence-electron chi connectivity index (χ4n) is 6.03. The Hall–Kier alpha value is -2.39. The van der Waals surface area contributed by atoms with Gasteiger partial charge >= 0.3 is 0 Å². The molecule has 6 nitrogen and oxygen atoms in total. The fourth-order valence-corrected chi connectivity index (χ4v) is 6.03. The zero-order valence-corrected chi connectivity index (χ0v) is 23.6. The minimum absolute atomic E-state index is 0.00832. The van der Waals surface area contributed by atoms with E-state index in [4.69, 9.17) is 4.74 Å². The Morgan fingerprint density at radius 2 is 1.79 bits per heavy atom. The Kier molecular flexibility index (Phi) is 9.75. The summed E-state index contributed by atoms with van der Waals surface area (Å²) in [7, 11) is 0. The normalized spacial score (nSPS) is 21.7. The lowest BCUT2D eigenvalue weighted by atomic mass is 9.80. The number of nitrogens with zero attached hydrogens (tertiary/aromatic N) is 1. The van der Waals surface area contributed by atoms with E-state index in [9.17, 15) is 18.7 Å². The number of ether oxygens (including phenoxy) is 1. The second-order valence-corrected chi connectivity index (χ2v) is 12.3. The standard InChI is InChI=1S/C31H43F2N3O3/c1-20(37)35-27(16-22-13-24(32)17-25(33)14-22)29(38)19-34-30-26-15-21(18-31(2,3)4)5-6-23(26)7-8-28(30)36-9-11-39-12-10-36/h5-6,13-15,17,27-30,34,38H,7-12,16,18-19H2,1-4H3,(H,35,37). The number of rotatable bonds is 9. The van der Waals surface area contributed by atoms with E-state index < -0.39 is 23.8 Å². The second kappa shape index (κ2) is 12.9. The van der Waals surface area contributed by atoms with Crippen LogP contribution in [0.3, 0.4) is 0 Å². The summed E-state index contributed by atoms with van der Waals surface area (Å²) in [6.07, 6.45) is 2.10. The molecule has 39 heavy (non-hydrogen) atoms. The van der Waals surface area contributed by atoms with E-state index in [1.54, 1.807) is 0 Å². The molecule has 2 aromatic carbocycles. The lowest BCUT2D eigenvalue weighted by Gasteiger charge is -2.43. The number of hydrogen-bond acceptors (Lipinski definition) is 5. The smallest absolute Gasteiger partial charge is 0.217 e. The molecular formula is C31H43F2N3O3. The molecule has 214 valence electrons. The van der Waals surface area contributed by atoms with Crippen LogP contribution < -0.4 is 10.6 Å². The lowest BCUT2D eigenvalue weighted by Crippen LogP contribution is -2.54. The number of carbonyl (C=O) groups is 1. The number of amides is 1. The molecule has 2 aromatic rings. The SMILES string of the molecule is CC(=O)NC(Cc1cc(F)cc(F)c1)C(O)CNC1c2cc(CC(C)(C)C)ccc2CCC1N1CCOCC1. The number of hydrogen-bond donors (Lipinski definition) is 3. The largest absolute Gasteiger partial charge is 0.390 e. The maximum Gasteiger partial charge on any atom is 0.217 e. The first kappa shape index (κ1) is 29.6. The predicted molar refractivity (Wildman–Crippen MR) is 149 cm³/mol. The van der Waals surface area contributed by atoms with Gasteiger partial charge in [0.15, 0.2) is 0 Å². The van der Waals surface area contributed by atoms with Crippen LogP contribution in [0, 0.1) is 17.0 Å². The average molecular weight is 544 g/mol. The minimum atomic E-state index is -0.964. The first-order valence-electron chi connectivity index (χ1n) is 14.1. The average Bonchev–Trinajstić information content (AvgIpc) is 2.85. The molecule has 4 atom stereocenters. The minimum Gasteiger partial charge on any atom is -0.390 e. The molecule has 8 heteroatoms. The van der Waals surface area contributed by atoms with Crippen molar-refractivity contribution in [1.82, 2.24) is 15.5 Å². The molecule has 1 aliphatic heterocycles. The topological polar surface area (TPSA) is 73.8 Å². The Morgan fingerprint density at radius 1 is 1.10 bits per heavy atom. The molecule has 0 radical (unpaired) electrons. The van der Waals surface area contributed by atoms with E-state index in [1.165, 1.54) is 35.7 Å². The number of aliphatic hydroxyl groups is 1. The molecule has 1 saturated heterocycles. The number of aryl methyl sites for hydroxylation is 1. The summed E-state index contributed by atoms with van der Waals surface area (Å²) in [6, 6.07) is 9.62. The maximum atomic E-state index is 13.8. The third-order valence-corrected chi connectivity index (χ3v) is 7.67. The van der Waals surface area contributed by atoms with Gasteiger partial charge in [0.05, 0.1) is 25.4 Å². The fraction of sp³-hybridized carbons (Fsp3) is 0.581. The Balaban J connectivity index is 1.56. The molecule has 2 aliphatic rings. The number of morpholine rings is 1. The molecule has 1 amide bonds. The molecule has 0 bridgehead atoms. The monoisotopic (exact) mass is 543 g/mol. The van der Waals surface area contributed by atoms with Gasteiger partial charge in [-0.1, -0.05) is 39.0 Å². The molecule has 1 fully saturated rings. The highest BCUT2D eigenvalue weighted by Crippen LogP contribution is 2.35. The van der Waals surface area contributed by atoms with Gasteiger partial charge in [-0.3, -0.25) is 9.69 Å². The summed E-state index contributed by atoms with van der Waals surface area (Å²) < 4.78 is 33.2. The molecule has 4 unspecified atom stereocenters. The summed E-state index contributed by atoms with van der Waals surface area (Å²) in [5, 5.41) is 17.7. The van der Waals surface area contributed by atoms with Crippen LogP contribution in [0.4, 0.5) is 8.78 Å². The van der Waals surface area contributed by atoms with E-state index in [1.807, 2.05) is 0 Å². The van der Waals surface area contributed by atoms with E-state index in [2.05, 4.69) is 54.5 Å². The van der Waals surface area contributed by atoms with Crippen LogP contribution >= 0.6 is 0 Å². The van der Waals surface area contributed by atoms with Crippen molar-refractivity contribution in [3.8, 4) is 0 Å². The van der Waals surface area contributed by atoms with Gasteiger partial charge in [0.25, 0.3) is 0 Å². The van der Waals surface area contributed by atoms with Gasteiger partial charge in [-0.15, -0.1) is 0 Å². The van der Waals surface area contributed by atoms with Crippen molar-refractivity contribution >= 4 is 5.91 Å². The van der Waals surface area contributed by atoms with Gasteiger partial charge in [0.2, 0.25) is 5.91 Å². The molecule has 0 aromatic heterocycles. The van der Waals surface area contributed by atoms with Crippen molar-refractivity contribution in [2.24, 2.45) is 5.41 Å². The molecule has 0 saturated carbocycles. The third-order valence-electron chi connectivity index (χ3n) is 7.67. The van der Waals surface area contributed by atoms with Gasteiger partial charge < -0.3 is 20.5 Å². The van der Waals surface area contributed by atoms with Gasteiger partial charge in [0, 0.05) is 44.7 Å². The van der Waals surface area contributed by atoms with Gasteiger partial charge in [0.1, 0.15) is 11.6 Å². The van der Waals surface area contributed by atoms with Crippen molar-refractivity contribution in [3.63, 3.8) is 0 Å². The molecule has 4 rings (SSSR count). The molecular weight excluding hydrogens is 500 g/mol. The molecule has 1 aliphatic carbocycles. The van der Waals surface area contributed by atoms with E-state index in [0.717, 1.165) is 38.4 Å². The number of nitrogens with one attached hydrogen (secondary N) is 2. The van der Waals surface area contributed by atoms with E-state index in [-0.39, 0.29) is 36.4 Å². The van der Waals surface area contributed by atoms with Crippen LogP contribution in [0.1, 0.15) is 62.4 Å². The van der Waals surface area contributed by atoms with Gasteiger partial charge in [-0.2, -0.15) is 0 Å². The summed E-state index contributed by atoms with van der Waals surface area (Å²) in [6.45, 7) is 11.4. The Morgan fingerprint density at radius 3 is 2.44 bits per heavy atom. The Bertz CT molecular complexity index is 1110. The van der Waals surface area contributed by atoms with Crippen molar-refractivity contribution in [2.75, 3.05) is 32.8 Å². The van der Waals surface area contributed by atoms with E-state index >= 15 is 0 Å². The zero-order chi connectivity index (χ0) is 28.2. The number of fused-ring (bicyclic) bond motifs is 1. The zero-order valence-electron chi connectivity index (χ0n) is 23.6. The number of halogens is 2. The van der Waals surface area contributed by atoms with Crippen molar-refractivity contribution in [3.05, 3.63) is 70.3 Å². The lowest BCUT2D eigenvalue weighted by molar-refractivity contribution is -0.120. The first-order chi connectivity index (χ1) is 18.5. The van der Waals surface area contributed by atoms with Crippen LogP contribution in [0.2, 0.25) is 0 Å². The maximum absolute atomic E-state index is 13.8. The van der Waals surface area contributed by atoms with Crippen LogP contribution in [-0.4, -0.2) is 66.9 Å². The highest BCUT2D eigenvalue weighted by Gasteiger charge is 2.35. The number of benzene rings is 2. The predicted octanol–water partition coefficient (Wildman–Crippen LogP) is 3.94. The molecule has 3 N–H and O–H groups in total. The van der Waals surface area contributed by atoms with Gasteiger partial charge in [-0.25, -0.2) is 8.78 Å². The number of carbonyl (C=O) groups excluding carboxylic acids is 1. The van der Waals surface area contributed by atoms with Crippen molar-refractivity contribution in [2.45, 2.75) is 77.6 Å². The second-order valence-electron chi connectivity index (χ2n) is 12.3. The highest BCUT2D eigenvalue weighted by atomic mass is 19.1.